The number of anilines is 1. The molecule has 45 heavy (non-hydrogen) atoms. The summed E-state index contributed by atoms with van der Waals surface area (Å²) in [4.78, 5) is 32.7. The Morgan fingerprint density at radius 1 is 0.822 bits per heavy atom. The third kappa shape index (κ3) is 6.32. The molecule has 6 rings (SSSR count). The number of amides is 2. The third-order valence-corrected chi connectivity index (χ3v) is 8.98. The second-order valence-electron chi connectivity index (χ2n) is 12.0. The van der Waals surface area contributed by atoms with E-state index in [0.29, 0.717) is 17.1 Å². The molecule has 1 saturated heterocycles. The van der Waals surface area contributed by atoms with Crippen LogP contribution in [0.5, 0.6) is 11.5 Å². The lowest BCUT2D eigenvalue weighted by Crippen LogP contribution is -2.51. The summed E-state index contributed by atoms with van der Waals surface area (Å²) in [6.45, 7) is 6.63. The lowest BCUT2D eigenvalue weighted by Gasteiger charge is -2.40. The molecule has 6 nitrogen and oxygen atoms in total. The molecule has 0 radical (unpaired) electrons. The van der Waals surface area contributed by atoms with Crippen molar-refractivity contribution in [2.75, 3.05) is 24.5 Å². The van der Waals surface area contributed by atoms with Crippen LogP contribution < -0.4 is 15.0 Å². The molecule has 2 aliphatic rings. The van der Waals surface area contributed by atoms with Crippen LogP contribution in [0.4, 0.5) is 5.69 Å². The van der Waals surface area contributed by atoms with E-state index in [2.05, 4.69) is 65.4 Å². The van der Waals surface area contributed by atoms with E-state index in [4.69, 9.17) is 4.74 Å². The van der Waals surface area contributed by atoms with Gasteiger partial charge >= 0.3 is 0 Å². The van der Waals surface area contributed by atoms with Gasteiger partial charge in [0.05, 0.1) is 11.5 Å². The fraction of sp³-hybridized carbons (Fsp3) is 0.333. The highest BCUT2D eigenvalue weighted by Gasteiger charge is 2.40. The summed E-state index contributed by atoms with van der Waals surface area (Å²) in [7, 11) is 0. The molecule has 0 saturated carbocycles. The quantitative estimate of drug-likeness (QED) is 0.188. The number of nitrogens with one attached hydrogen (secondary N) is 1. The van der Waals surface area contributed by atoms with Crippen molar-refractivity contribution in [3.63, 3.8) is 0 Å². The molecule has 0 bridgehead atoms. The molecule has 0 aromatic heterocycles. The van der Waals surface area contributed by atoms with Crippen LogP contribution in [-0.4, -0.2) is 42.5 Å². The SMILES string of the molecule is CCCCN(CCC)C(=O)C1c2ccccc2-c2cccc(N3CCCCC3NC(=O)c3ccccc3Oc3ccccc3)c21. The van der Waals surface area contributed by atoms with Crippen LogP contribution in [0.2, 0.25) is 0 Å². The molecule has 2 atom stereocenters. The largest absolute Gasteiger partial charge is 0.457 e. The Balaban J connectivity index is 1.34. The maximum Gasteiger partial charge on any atom is 0.256 e. The molecule has 1 aliphatic carbocycles. The zero-order chi connectivity index (χ0) is 31.2. The Bertz CT molecular complexity index is 1640. The molecule has 0 spiro atoms. The highest BCUT2D eigenvalue weighted by molar-refractivity contribution is 6.00. The molecular weight excluding hydrogens is 558 g/mol. The molecule has 1 fully saturated rings. The van der Waals surface area contributed by atoms with Gasteiger partial charge in [-0.15, -0.1) is 0 Å². The highest BCUT2D eigenvalue weighted by Crippen LogP contribution is 2.50. The molecule has 4 aromatic carbocycles. The number of piperidine rings is 1. The van der Waals surface area contributed by atoms with Crippen LogP contribution >= 0.6 is 0 Å². The first kappa shape index (κ1) is 30.4. The number of hydrogen-bond acceptors (Lipinski definition) is 4. The van der Waals surface area contributed by atoms with Crippen molar-refractivity contribution >= 4 is 17.5 Å². The van der Waals surface area contributed by atoms with Gasteiger partial charge in [0, 0.05) is 30.9 Å². The van der Waals surface area contributed by atoms with E-state index >= 15 is 0 Å². The maximum atomic E-state index is 14.5. The van der Waals surface area contributed by atoms with Crippen molar-refractivity contribution in [3.8, 4) is 22.6 Å². The van der Waals surface area contributed by atoms with Gasteiger partial charge in [0.1, 0.15) is 17.7 Å². The van der Waals surface area contributed by atoms with E-state index in [1.54, 1.807) is 0 Å². The van der Waals surface area contributed by atoms with E-state index < -0.39 is 0 Å². The van der Waals surface area contributed by atoms with Crippen LogP contribution in [0, 0.1) is 0 Å². The number of unbranched alkanes of at least 4 members (excludes halogenated alkanes) is 1. The minimum absolute atomic E-state index is 0.171. The number of rotatable bonds is 11. The van der Waals surface area contributed by atoms with E-state index in [1.807, 2.05) is 60.7 Å². The molecule has 4 aromatic rings. The normalized spacial score (nSPS) is 16.9. The van der Waals surface area contributed by atoms with E-state index in [-0.39, 0.29) is 23.9 Å². The Hall–Kier alpha value is -4.58. The summed E-state index contributed by atoms with van der Waals surface area (Å²) in [5.74, 6) is 0.842. The number of para-hydroxylation sites is 2. The average Bonchev–Trinajstić information content (AvgIpc) is 3.42. The van der Waals surface area contributed by atoms with Gasteiger partial charge in [-0.2, -0.15) is 0 Å². The minimum atomic E-state index is -0.367. The lowest BCUT2D eigenvalue weighted by molar-refractivity contribution is -0.131. The first-order valence-electron chi connectivity index (χ1n) is 16.5. The number of carbonyl (C=O) groups is 2. The van der Waals surface area contributed by atoms with E-state index in [1.165, 1.54) is 0 Å². The second-order valence-corrected chi connectivity index (χ2v) is 12.0. The van der Waals surface area contributed by atoms with Crippen molar-refractivity contribution < 1.29 is 14.3 Å². The van der Waals surface area contributed by atoms with Crippen LogP contribution in [0.25, 0.3) is 11.1 Å². The summed E-state index contributed by atoms with van der Waals surface area (Å²) in [5.41, 5.74) is 5.92. The Kier molecular flexibility index (Phi) is 9.49. The fourth-order valence-corrected chi connectivity index (χ4v) is 6.84. The molecule has 6 heteroatoms. The summed E-state index contributed by atoms with van der Waals surface area (Å²) >= 11 is 0. The van der Waals surface area contributed by atoms with E-state index in [9.17, 15) is 9.59 Å². The van der Waals surface area contributed by atoms with Crippen LogP contribution in [0.1, 0.15) is 79.8 Å². The zero-order valence-electron chi connectivity index (χ0n) is 26.4. The van der Waals surface area contributed by atoms with Crippen molar-refractivity contribution in [1.82, 2.24) is 10.2 Å². The number of carbonyl (C=O) groups excluding carboxylic acids is 2. The third-order valence-electron chi connectivity index (χ3n) is 8.98. The molecule has 1 N–H and O–H groups in total. The molecule has 2 amide bonds. The average molecular weight is 602 g/mol. The van der Waals surface area contributed by atoms with Gasteiger partial charge in [-0.1, -0.05) is 87.0 Å². The van der Waals surface area contributed by atoms with Gasteiger partial charge in [-0.05, 0) is 79.1 Å². The van der Waals surface area contributed by atoms with Gasteiger partial charge in [0.25, 0.3) is 5.91 Å². The first-order valence-corrected chi connectivity index (χ1v) is 16.5. The number of ether oxygens (including phenoxy) is 1. The van der Waals surface area contributed by atoms with Gasteiger partial charge in [0.15, 0.2) is 0 Å². The predicted molar refractivity (Wildman–Crippen MR) is 181 cm³/mol. The zero-order valence-corrected chi connectivity index (χ0v) is 26.4. The Labute approximate surface area is 267 Å². The summed E-state index contributed by atoms with van der Waals surface area (Å²) in [6, 6.07) is 31.7. The number of nitrogens with zero attached hydrogens (tertiary/aromatic N) is 2. The summed E-state index contributed by atoms with van der Waals surface area (Å²) < 4.78 is 6.12. The minimum Gasteiger partial charge on any atom is -0.457 e. The molecule has 1 heterocycles. The van der Waals surface area contributed by atoms with Crippen LogP contribution in [0.3, 0.4) is 0 Å². The van der Waals surface area contributed by atoms with Crippen molar-refractivity contribution in [1.29, 1.82) is 0 Å². The summed E-state index contributed by atoms with van der Waals surface area (Å²) in [5, 5.41) is 3.35. The van der Waals surface area contributed by atoms with Gasteiger partial charge in [-0.3, -0.25) is 9.59 Å². The van der Waals surface area contributed by atoms with Gasteiger partial charge in [-0.25, -0.2) is 0 Å². The molecule has 232 valence electrons. The molecule has 1 aliphatic heterocycles. The number of benzene rings is 4. The predicted octanol–water partition coefficient (Wildman–Crippen LogP) is 8.38. The molecular formula is C39H43N3O3. The smallest absolute Gasteiger partial charge is 0.256 e. The number of hydrogen-bond donors (Lipinski definition) is 1. The second kappa shape index (κ2) is 14.0. The Morgan fingerprint density at radius 3 is 2.40 bits per heavy atom. The van der Waals surface area contributed by atoms with Gasteiger partial charge in [0.2, 0.25) is 5.91 Å². The summed E-state index contributed by atoms with van der Waals surface area (Å²) in [6.07, 6.45) is 5.61. The van der Waals surface area contributed by atoms with Crippen LogP contribution in [0.15, 0.2) is 97.1 Å². The lowest BCUT2D eigenvalue weighted by atomic mass is 9.92. The number of fused-ring (bicyclic) bond motifs is 3. The first-order chi connectivity index (χ1) is 22.1. The highest BCUT2D eigenvalue weighted by atomic mass is 16.5. The monoisotopic (exact) mass is 601 g/mol. The maximum absolute atomic E-state index is 14.5. The molecule has 2 unspecified atom stereocenters. The topological polar surface area (TPSA) is 61.9 Å². The van der Waals surface area contributed by atoms with E-state index in [0.717, 1.165) is 86.1 Å². The fourth-order valence-electron chi connectivity index (χ4n) is 6.84. The van der Waals surface area contributed by atoms with Crippen molar-refractivity contribution in [2.45, 2.75) is 64.5 Å². The Morgan fingerprint density at radius 2 is 1.58 bits per heavy atom. The standard InChI is InChI=1S/C39H43N3O3/c1-3-5-26-41(25-4-2)39(44)37-31-19-10-9-18-29(31)30-21-15-22-33(36(30)37)42-27-14-13-24-35(42)40-38(43)32-20-11-12-23-34(32)45-28-16-7-6-8-17-28/h6-12,15-23,35,37H,3-5,13-14,24-27H2,1-2H3,(H,40,43). The van der Waals surface area contributed by atoms with Crippen molar-refractivity contribution in [2.24, 2.45) is 0 Å². The van der Waals surface area contributed by atoms with Crippen LogP contribution in [-0.2, 0) is 4.79 Å². The van der Waals surface area contributed by atoms with Gasteiger partial charge < -0.3 is 19.9 Å². The van der Waals surface area contributed by atoms with Crippen molar-refractivity contribution in [3.05, 3.63) is 114 Å².